The number of aliphatic carboxylic acids is 1. The molecule has 0 amide bonds. The SMILES string of the molecule is COc1ncc(C)c(-c2cccc3c2CC[C@H]3Oc2ccc3c(c2)OCC3CC(=O)O)c1C. The maximum absolute atomic E-state index is 11.1. The normalized spacial score (nSPS) is 18.4. The standard InChI is InChI=1S/C27H27NO5/c1-15-13-28-27(31-3)16(2)26(15)22-6-4-5-21-20(22)9-10-23(21)33-18-7-8-19-17(11-25(29)30)14-32-24(19)12-18/h4-8,12-13,17,23H,9-11,14H2,1-3H3,(H,29,30)/t17?,23-/m1/s1. The second kappa shape index (κ2) is 8.43. The van der Waals surface area contributed by atoms with Gasteiger partial charge in [0, 0.05) is 29.3 Å². The Morgan fingerprint density at radius 3 is 2.85 bits per heavy atom. The van der Waals surface area contributed by atoms with Crippen LogP contribution < -0.4 is 14.2 Å². The smallest absolute Gasteiger partial charge is 0.304 e. The molecule has 1 N–H and O–H groups in total. The van der Waals surface area contributed by atoms with Gasteiger partial charge in [0.15, 0.2) is 0 Å². The van der Waals surface area contributed by atoms with Crippen molar-refractivity contribution in [3.05, 3.63) is 70.4 Å². The molecule has 2 aromatic carbocycles. The van der Waals surface area contributed by atoms with Crippen LogP contribution in [0.5, 0.6) is 17.4 Å². The van der Waals surface area contributed by atoms with Gasteiger partial charge in [-0.3, -0.25) is 4.79 Å². The molecule has 0 spiro atoms. The minimum absolute atomic E-state index is 0.0430. The number of aromatic nitrogens is 1. The molecule has 2 aliphatic rings. The summed E-state index contributed by atoms with van der Waals surface area (Å²) in [7, 11) is 1.65. The second-order valence-corrected chi connectivity index (χ2v) is 8.77. The van der Waals surface area contributed by atoms with Crippen LogP contribution in [-0.4, -0.2) is 29.8 Å². The summed E-state index contributed by atoms with van der Waals surface area (Å²) in [6.45, 7) is 4.53. The first-order chi connectivity index (χ1) is 16.0. The average molecular weight is 446 g/mol. The van der Waals surface area contributed by atoms with E-state index >= 15 is 0 Å². The number of methoxy groups -OCH3 is 1. The maximum Gasteiger partial charge on any atom is 0.304 e. The second-order valence-electron chi connectivity index (χ2n) is 8.77. The third kappa shape index (κ3) is 3.80. The molecule has 0 fully saturated rings. The number of hydrogen-bond acceptors (Lipinski definition) is 5. The lowest BCUT2D eigenvalue weighted by Gasteiger charge is -2.18. The van der Waals surface area contributed by atoms with Crippen molar-refractivity contribution >= 4 is 5.97 Å². The molecule has 1 unspecified atom stereocenters. The number of benzene rings is 2. The molecule has 0 saturated heterocycles. The molecule has 1 aromatic heterocycles. The van der Waals surface area contributed by atoms with E-state index in [0.29, 0.717) is 12.5 Å². The zero-order valence-electron chi connectivity index (χ0n) is 19.1. The molecule has 3 aromatic rings. The zero-order chi connectivity index (χ0) is 23.1. The van der Waals surface area contributed by atoms with E-state index < -0.39 is 5.97 Å². The summed E-state index contributed by atoms with van der Waals surface area (Å²) in [5, 5.41) is 9.11. The summed E-state index contributed by atoms with van der Waals surface area (Å²) < 4.78 is 17.6. The van der Waals surface area contributed by atoms with E-state index in [9.17, 15) is 4.79 Å². The van der Waals surface area contributed by atoms with E-state index in [1.54, 1.807) is 7.11 Å². The highest BCUT2D eigenvalue weighted by molar-refractivity contribution is 5.76. The number of hydrogen-bond donors (Lipinski definition) is 1. The number of ether oxygens (including phenoxy) is 3. The van der Waals surface area contributed by atoms with Crippen molar-refractivity contribution in [3.63, 3.8) is 0 Å². The first-order valence-corrected chi connectivity index (χ1v) is 11.2. The highest BCUT2D eigenvalue weighted by Gasteiger charge is 2.30. The molecule has 33 heavy (non-hydrogen) atoms. The van der Waals surface area contributed by atoms with Gasteiger partial charge in [0.25, 0.3) is 0 Å². The van der Waals surface area contributed by atoms with Gasteiger partial charge in [-0.25, -0.2) is 4.98 Å². The molecule has 6 nitrogen and oxygen atoms in total. The van der Waals surface area contributed by atoms with E-state index in [0.717, 1.165) is 41.0 Å². The summed E-state index contributed by atoms with van der Waals surface area (Å²) >= 11 is 0. The van der Waals surface area contributed by atoms with Gasteiger partial charge in [0.05, 0.1) is 20.1 Å². The Morgan fingerprint density at radius 1 is 1.21 bits per heavy atom. The van der Waals surface area contributed by atoms with Crippen molar-refractivity contribution in [2.45, 2.75) is 45.1 Å². The van der Waals surface area contributed by atoms with Crippen LogP contribution in [0.3, 0.4) is 0 Å². The molecule has 1 aliphatic heterocycles. The van der Waals surface area contributed by atoms with Crippen molar-refractivity contribution in [1.29, 1.82) is 0 Å². The Hall–Kier alpha value is -3.54. The van der Waals surface area contributed by atoms with Gasteiger partial charge in [-0.05, 0) is 60.6 Å². The number of rotatable bonds is 6. The minimum Gasteiger partial charge on any atom is -0.492 e. The fourth-order valence-electron chi connectivity index (χ4n) is 5.19. The monoisotopic (exact) mass is 445 g/mol. The molecule has 170 valence electrons. The van der Waals surface area contributed by atoms with Crippen LogP contribution in [0.15, 0.2) is 42.6 Å². The van der Waals surface area contributed by atoms with E-state index in [1.807, 2.05) is 24.4 Å². The van der Waals surface area contributed by atoms with Crippen LogP contribution >= 0.6 is 0 Å². The number of nitrogens with zero attached hydrogens (tertiary/aromatic N) is 1. The van der Waals surface area contributed by atoms with Crippen LogP contribution in [0.25, 0.3) is 11.1 Å². The van der Waals surface area contributed by atoms with Crippen molar-refractivity contribution in [1.82, 2.24) is 4.98 Å². The molecule has 2 atom stereocenters. The van der Waals surface area contributed by atoms with E-state index in [1.165, 1.54) is 22.3 Å². The molecular weight excluding hydrogens is 418 g/mol. The number of carboxylic acid groups (broad SMARTS) is 1. The fourth-order valence-corrected chi connectivity index (χ4v) is 5.19. The summed E-state index contributed by atoms with van der Waals surface area (Å²) in [5.74, 6) is 1.20. The molecule has 2 heterocycles. The van der Waals surface area contributed by atoms with Crippen molar-refractivity contribution in [2.75, 3.05) is 13.7 Å². The molecule has 0 saturated carbocycles. The molecule has 0 radical (unpaired) electrons. The number of carboxylic acids is 1. The molecule has 0 bridgehead atoms. The van der Waals surface area contributed by atoms with Crippen molar-refractivity contribution in [2.24, 2.45) is 0 Å². The predicted octanol–water partition coefficient (Wildman–Crippen LogP) is 5.39. The van der Waals surface area contributed by atoms with Crippen molar-refractivity contribution in [3.8, 4) is 28.5 Å². The Labute approximate surface area is 193 Å². The first kappa shape index (κ1) is 21.3. The Kier molecular flexibility index (Phi) is 5.44. The van der Waals surface area contributed by atoms with Gasteiger partial charge in [-0.2, -0.15) is 0 Å². The zero-order valence-corrected chi connectivity index (χ0v) is 19.1. The Bertz CT molecular complexity index is 1240. The van der Waals surface area contributed by atoms with Gasteiger partial charge in [-0.15, -0.1) is 0 Å². The van der Waals surface area contributed by atoms with Crippen LogP contribution in [0.1, 0.15) is 52.7 Å². The van der Waals surface area contributed by atoms with Gasteiger partial charge in [-0.1, -0.05) is 24.3 Å². The highest BCUT2D eigenvalue weighted by atomic mass is 16.5. The molecular formula is C27H27NO5. The van der Waals surface area contributed by atoms with Gasteiger partial charge in [0.2, 0.25) is 5.88 Å². The minimum atomic E-state index is -0.813. The van der Waals surface area contributed by atoms with Gasteiger partial charge >= 0.3 is 5.97 Å². The average Bonchev–Trinajstić information content (AvgIpc) is 3.38. The van der Waals surface area contributed by atoms with Crippen LogP contribution in [0.2, 0.25) is 0 Å². The number of carbonyl (C=O) groups is 1. The highest BCUT2D eigenvalue weighted by Crippen LogP contribution is 2.44. The number of aryl methyl sites for hydroxylation is 1. The molecule has 6 heteroatoms. The summed E-state index contributed by atoms with van der Waals surface area (Å²) in [4.78, 5) is 15.5. The summed E-state index contributed by atoms with van der Waals surface area (Å²) in [6.07, 6.45) is 3.73. The maximum atomic E-state index is 11.1. The van der Waals surface area contributed by atoms with Gasteiger partial charge in [0.1, 0.15) is 17.6 Å². The third-order valence-corrected chi connectivity index (χ3v) is 6.71. The third-order valence-electron chi connectivity index (χ3n) is 6.71. The lowest BCUT2D eigenvalue weighted by atomic mass is 9.92. The van der Waals surface area contributed by atoms with Gasteiger partial charge < -0.3 is 19.3 Å². The Balaban J connectivity index is 1.43. The van der Waals surface area contributed by atoms with E-state index in [-0.39, 0.29) is 18.4 Å². The summed E-state index contributed by atoms with van der Waals surface area (Å²) in [5.41, 5.74) is 8.00. The first-order valence-electron chi connectivity index (χ1n) is 11.2. The van der Waals surface area contributed by atoms with Crippen molar-refractivity contribution < 1.29 is 24.1 Å². The number of pyridine rings is 1. The lowest BCUT2D eigenvalue weighted by molar-refractivity contribution is -0.137. The van der Waals surface area contributed by atoms with E-state index in [4.69, 9.17) is 19.3 Å². The predicted molar refractivity (Wildman–Crippen MR) is 124 cm³/mol. The topological polar surface area (TPSA) is 77.9 Å². The van der Waals surface area contributed by atoms with Crippen LogP contribution in [0.4, 0.5) is 0 Å². The lowest BCUT2D eigenvalue weighted by Crippen LogP contribution is -2.07. The fraction of sp³-hybridized carbons (Fsp3) is 0.333. The van der Waals surface area contributed by atoms with Crippen LogP contribution in [-0.2, 0) is 11.2 Å². The molecule has 1 aliphatic carbocycles. The quantitative estimate of drug-likeness (QED) is 0.548. The van der Waals surface area contributed by atoms with Crippen LogP contribution in [0, 0.1) is 13.8 Å². The Morgan fingerprint density at radius 2 is 2.06 bits per heavy atom. The summed E-state index contributed by atoms with van der Waals surface area (Å²) in [6, 6.07) is 12.2. The number of fused-ring (bicyclic) bond motifs is 2. The molecule has 5 rings (SSSR count). The van der Waals surface area contributed by atoms with E-state index in [2.05, 4.69) is 37.0 Å². The largest absolute Gasteiger partial charge is 0.492 e.